The molecule has 0 atom stereocenters. The third-order valence-corrected chi connectivity index (χ3v) is 6.43. The third kappa shape index (κ3) is 6.74. The molecule has 1 aliphatic heterocycles. The van der Waals surface area contributed by atoms with Gasteiger partial charge < -0.3 is 25.6 Å². The molecule has 11 nitrogen and oxygen atoms in total. The van der Waals surface area contributed by atoms with Crippen molar-refractivity contribution in [3.63, 3.8) is 0 Å². The van der Waals surface area contributed by atoms with Crippen LogP contribution < -0.4 is 20.7 Å². The van der Waals surface area contributed by atoms with E-state index in [2.05, 4.69) is 37.4 Å². The summed E-state index contributed by atoms with van der Waals surface area (Å²) in [5.41, 5.74) is 2.03. The number of Topliss-reactive ketones (excluding diaryl/α,β-unsaturated/α-hetero) is 1. The monoisotopic (exact) mass is 563 g/mol. The van der Waals surface area contributed by atoms with Gasteiger partial charge in [0.15, 0.2) is 5.82 Å². The van der Waals surface area contributed by atoms with Crippen LogP contribution in [0.4, 0.5) is 28.8 Å². The number of ketones is 1. The molecular formula is C28H30ClN7O4. The maximum absolute atomic E-state index is 12.7. The van der Waals surface area contributed by atoms with E-state index in [1.807, 2.05) is 0 Å². The van der Waals surface area contributed by atoms with Gasteiger partial charge in [-0.1, -0.05) is 30.3 Å². The number of likely N-dealkylation sites (N-methyl/N-ethyl adjacent to an activating group) is 1. The first-order chi connectivity index (χ1) is 19.2. The summed E-state index contributed by atoms with van der Waals surface area (Å²) in [4.78, 5) is 49.7. The van der Waals surface area contributed by atoms with Crippen molar-refractivity contribution < 1.29 is 19.1 Å². The highest BCUT2D eigenvalue weighted by atomic mass is 35.5. The fourth-order valence-electron chi connectivity index (χ4n) is 3.86. The Morgan fingerprint density at radius 3 is 2.52 bits per heavy atom. The van der Waals surface area contributed by atoms with Gasteiger partial charge in [0.2, 0.25) is 5.95 Å². The van der Waals surface area contributed by atoms with Crippen LogP contribution in [0.25, 0.3) is 0 Å². The predicted molar refractivity (Wildman–Crippen MR) is 155 cm³/mol. The molecular weight excluding hydrogens is 534 g/mol. The number of nitrogens with one attached hydrogen (secondary N) is 3. The molecule has 0 unspecified atom stereocenters. The van der Waals surface area contributed by atoms with Gasteiger partial charge >= 0.3 is 0 Å². The van der Waals surface area contributed by atoms with Crippen LogP contribution >= 0.6 is 11.6 Å². The van der Waals surface area contributed by atoms with E-state index >= 15 is 0 Å². The molecule has 12 heteroatoms. The van der Waals surface area contributed by atoms with Crippen LogP contribution in [0.3, 0.4) is 0 Å². The van der Waals surface area contributed by atoms with Crippen LogP contribution in [0.5, 0.6) is 5.75 Å². The second-order valence-electron chi connectivity index (χ2n) is 9.32. The van der Waals surface area contributed by atoms with Crippen molar-refractivity contribution in [2.45, 2.75) is 6.42 Å². The zero-order chi connectivity index (χ0) is 28.8. The number of benzene rings is 2. The first-order valence-electron chi connectivity index (χ1n) is 12.5. The highest BCUT2D eigenvalue weighted by Gasteiger charge is 2.22. The molecule has 1 fully saturated rings. The summed E-state index contributed by atoms with van der Waals surface area (Å²) in [7, 11) is 4.54. The second kappa shape index (κ2) is 12.6. The number of halogens is 1. The van der Waals surface area contributed by atoms with Gasteiger partial charge in [-0.2, -0.15) is 4.98 Å². The molecule has 2 amide bonds. The Morgan fingerprint density at radius 2 is 1.85 bits per heavy atom. The zero-order valence-corrected chi connectivity index (χ0v) is 23.2. The minimum atomic E-state index is -0.673. The molecule has 1 saturated heterocycles. The van der Waals surface area contributed by atoms with Gasteiger partial charge in [0, 0.05) is 31.9 Å². The topological polar surface area (TPSA) is 129 Å². The van der Waals surface area contributed by atoms with Crippen LogP contribution in [0, 0.1) is 0 Å². The maximum Gasteiger partial charge on any atom is 0.294 e. The van der Waals surface area contributed by atoms with E-state index in [1.54, 1.807) is 42.5 Å². The molecule has 0 saturated carbocycles. The summed E-state index contributed by atoms with van der Waals surface area (Å²) in [5.74, 6) is -0.727. The molecule has 208 valence electrons. The van der Waals surface area contributed by atoms with Gasteiger partial charge in [0.25, 0.3) is 17.6 Å². The Hall–Kier alpha value is -4.48. The quantitative estimate of drug-likeness (QED) is 0.179. The molecule has 2 aromatic carbocycles. The number of para-hydroxylation sites is 1. The van der Waals surface area contributed by atoms with Crippen LogP contribution in [0.1, 0.15) is 16.8 Å². The second-order valence-corrected chi connectivity index (χ2v) is 9.72. The first kappa shape index (κ1) is 28.5. The lowest BCUT2D eigenvalue weighted by atomic mass is 10.1. The van der Waals surface area contributed by atoms with Crippen LogP contribution in [0.15, 0.2) is 60.8 Å². The average Bonchev–Trinajstić information content (AvgIpc) is 2.92. The number of ether oxygens (including phenoxy) is 1. The standard InChI is InChI=1S/C28H30ClN7O4/c1-17(16-36-12-7-13-36)26(38)31-18-10-11-23(40-4)22(14-18)33-28-30-15-20(29)25(34-28)32-21-9-6-5-8-19(21)24(37)27(39)35(2)3/h5-6,8-11,14-15H,1,7,12-13,16H2,2-4H3,(H,31,38)(H2,30,32,33,34). The molecule has 0 radical (unpaired) electrons. The first-order valence-corrected chi connectivity index (χ1v) is 12.8. The van der Waals surface area contributed by atoms with E-state index in [-0.39, 0.29) is 28.3 Å². The number of anilines is 5. The van der Waals surface area contributed by atoms with Crippen LogP contribution in [-0.4, -0.2) is 78.2 Å². The summed E-state index contributed by atoms with van der Waals surface area (Å²) in [5, 5.41) is 9.17. The van der Waals surface area contributed by atoms with Crippen molar-refractivity contribution >= 4 is 58.0 Å². The molecule has 1 aromatic heterocycles. The number of amides is 2. The largest absolute Gasteiger partial charge is 0.495 e. The molecule has 3 aromatic rings. The highest BCUT2D eigenvalue weighted by molar-refractivity contribution is 6.43. The Balaban J connectivity index is 1.54. The van der Waals surface area contributed by atoms with Crippen molar-refractivity contribution in [1.29, 1.82) is 0 Å². The Morgan fingerprint density at radius 1 is 1.10 bits per heavy atom. The van der Waals surface area contributed by atoms with Crippen molar-refractivity contribution in [1.82, 2.24) is 19.8 Å². The van der Waals surface area contributed by atoms with E-state index in [9.17, 15) is 14.4 Å². The van der Waals surface area contributed by atoms with Gasteiger partial charge in [-0.25, -0.2) is 4.98 Å². The Bertz CT molecular complexity index is 1460. The summed E-state index contributed by atoms with van der Waals surface area (Å²) in [6.07, 6.45) is 2.53. The van der Waals surface area contributed by atoms with Gasteiger partial charge in [-0.05, 0) is 49.8 Å². The Labute approximate surface area is 237 Å². The number of nitrogens with zero attached hydrogens (tertiary/aromatic N) is 4. The molecule has 0 bridgehead atoms. The highest BCUT2D eigenvalue weighted by Crippen LogP contribution is 2.32. The van der Waals surface area contributed by atoms with Gasteiger partial charge in [-0.3, -0.25) is 19.3 Å². The number of carbonyl (C=O) groups is 3. The molecule has 2 heterocycles. The molecule has 40 heavy (non-hydrogen) atoms. The van der Waals surface area contributed by atoms with Crippen molar-refractivity contribution in [2.75, 3.05) is 56.8 Å². The normalized spacial score (nSPS) is 12.6. The number of hydrogen-bond donors (Lipinski definition) is 3. The number of methoxy groups -OCH3 is 1. The van der Waals surface area contributed by atoms with E-state index in [0.29, 0.717) is 34.9 Å². The summed E-state index contributed by atoms with van der Waals surface area (Å²) in [6, 6.07) is 11.7. The molecule has 4 rings (SSSR count). The molecule has 1 aliphatic rings. The van der Waals surface area contributed by atoms with Crippen molar-refractivity contribution in [3.8, 4) is 5.75 Å². The van der Waals surface area contributed by atoms with E-state index in [1.165, 1.54) is 32.3 Å². The van der Waals surface area contributed by atoms with E-state index in [0.717, 1.165) is 19.5 Å². The van der Waals surface area contributed by atoms with Crippen LogP contribution in [-0.2, 0) is 9.59 Å². The van der Waals surface area contributed by atoms with Crippen molar-refractivity contribution in [3.05, 3.63) is 71.4 Å². The number of rotatable bonds is 11. The predicted octanol–water partition coefficient (Wildman–Crippen LogP) is 4.10. The summed E-state index contributed by atoms with van der Waals surface area (Å²) >= 11 is 6.36. The molecule has 0 spiro atoms. The average molecular weight is 564 g/mol. The maximum atomic E-state index is 12.7. The minimum absolute atomic E-state index is 0.170. The smallest absolute Gasteiger partial charge is 0.294 e. The minimum Gasteiger partial charge on any atom is -0.495 e. The number of likely N-dealkylation sites (tertiary alicyclic amines) is 1. The summed E-state index contributed by atoms with van der Waals surface area (Å²) < 4.78 is 5.46. The Kier molecular flexibility index (Phi) is 8.97. The van der Waals surface area contributed by atoms with Gasteiger partial charge in [0.1, 0.15) is 10.8 Å². The third-order valence-electron chi connectivity index (χ3n) is 6.16. The van der Waals surface area contributed by atoms with Gasteiger partial charge in [0.05, 0.1) is 30.2 Å². The van der Waals surface area contributed by atoms with E-state index < -0.39 is 11.7 Å². The van der Waals surface area contributed by atoms with Gasteiger partial charge in [-0.15, -0.1) is 0 Å². The SMILES string of the molecule is C=C(CN1CCC1)C(=O)Nc1ccc(OC)c(Nc2ncc(Cl)c(Nc3ccccc3C(=O)C(=O)N(C)C)n2)c1. The zero-order valence-electron chi connectivity index (χ0n) is 22.5. The summed E-state index contributed by atoms with van der Waals surface area (Å²) in [6.45, 7) is 6.37. The van der Waals surface area contributed by atoms with Crippen molar-refractivity contribution in [2.24, 2.45) is 0 Å². The fraction of sp³-hybridized carbons (Fsp3) is 0.250. The molecule has 0 aliphatic carbocycles. The van der Waals surface area contributed by atoms with E-state index in [4.69, 9.17) is 16.3 Å². The lowest BCUT2D eigenvalue weighted by Crippen LogP contribution is -2.39. The number of carbonyl (C=O) groups excluding carboxylic acids is 3. The number of aromatic nitrogens is 2. The fourth-order valence-corrected chi connectivity index (χ4v) is 3.99. The molecule has 3 N–H and O–H groups in total. The lowest BCUT2D eigenvalue weighted by Gasteiger charge is -2.30. The lowest BCUT2D eigenvalue weighted by molar-refractivity contribution is -0.124. The number of hydrogen-bond acceptors (Lipinski definition) is 9. The van der Waals surface area contributed by atoms with Crippen LogP contribution in [0.2, 0.25) is 5.02 Å².